The van der Waals surface area contributed by atoms with Crippen molar-refractivity contribution in [2.24, 2.45) is 0 Å². The van der Waals surface area contributed by atoms with E-state index in [4.69, 9.17) is 5.26 Å². The van der Waals surface area contributed by atoms with E-state index in [-0.39, 0.29) is 5.91 Å². The van der Waals surface area contributed by atoms with Crippen molar-refractivity contribution in [2.75, 3.05) is 0 Å². The Morgan fingerprint density at radius 3 is 2.47 bits per heavy atom. The third kappa shape index (κ3) is 3.28. The van der Waals surface area contributed by atoms with E-state index in [0.717, 1.165) is 11.1 Å². The molecule has 15 heavy (non-hydrogen) atoms. The third-order valence-corrected chi connectivity index (χ3v) is 1.88. The zero-order chi connectivity index (χ0) is 11.3. The van der Waals surface area contributed by atoms with Crippen LogP contribution >= 0.6 is 0 Å². The van der Waals surface area contributed by atoms with Crippen molar-refractivity contribution in [2.45, 2.75) is 13.8 Å². The van der Waals surface area contributed by atoms with Crippen LogP contribution in [-0.4, -0.2) is 5.91 Å². The molecule has 0 aromatic heterocycles. The Morgan fingerprint density at radius 2 is 2.00 bits per heavy atom. The van der Waals surface area contributed by atoms with Gasteiger partial charge in [-0.05, 0) is 12.5 Å². The summed E-state index contributed by atoms with van der Waals surface area (Å²) in [5.41, 5.74) is 2.50. The van der Waals surface area contributed by atoms with Gasteiger partial charge in [-0.1, -0.05) is 29.8 Å². The topological polar surface area (TPSA) is 52.9 Å². The Kier molecular flexibility index (Phi) is 3.64. The van der Waals surface area contributed by atoms with E-state index in [1.807, 2.05) is 37.3 Å². The molecule has 0 spiro atoms. The second-order valence-corrected chi connectivity index (χ2v) is 3.23. The maximum atomic E-state index is 10.9. The van der Waals surface area contributed by atoms with E-state index in [1.54, 1.807) is 0 Å². The van der Waals surface area contributed by atoms with Crippen molar-refractivity contribution in [1.29, 1.82) is 5.26 Å². The fourth-order valence-electron chi connectivity index (χ4n) is 1.18. The maximum Gasteiger partial charge on any atom is 0.221 e. The van der Waals surface area contributed by atoms with Gasteiger partial charge in [-0.2, -0.15) is 5.26 Å². The molecule has 3 heteroatoms. The molecule has 0 aliphatic rings. The highest BCUT2D eigenvalue weighted by atomic mass is 16.1. The first-order valence-electron chi connectivity index (χ1n) is 4.58. The predicted molar refractivity (Wildman–Crippen MR) is 58.6 cm³/mol. The number of aryl methyl sites for hydroxylation is 1. The van der Waals surface area contributed by atoms with Gasteiger partial charge in [-0.25, -0.2) is 0 Å². The van der Waals surface area contributed by atoms with Gasteiger partial charge < -0.3 is 5.32 Å². The number of carbonyl (C=O) groups is 1. The summed E-state index contributed by atoms with van der Waals surface area (Å²) >= 11 is 0. The van der Waals surface area contributed by atoms with Crippen molar-refractivity contribution in [3.05, 3.63) is 41.5 Å². The highest BCUT2D eigenvalue weighted by Crippen LogP contribution is 2.12. The van der Waals surface area contributed by atoms with Crippen LogP contribution in [0.1, 0.15) is 18.1 Å². The fraction of sp³-hybridized carbons (Fsp3) is 0.167. The van der Waals surface area contributed by atoms with Crippen LogP contribution < -0.4 is 5.32 Å². The van der Waals surface area contributed by atoms with Gasteiger partial charge in [0.2, 0.25) is 5.91 Å². The predicted octanol–water partition coefficient (Wildman–Crippen LogP) is 2.00. The molecule has 0 saturated heterocycles. The number of nitrogens with zero attached hydrogens (tertiary/aromatic N) is 1. The first-order chi connectivity index (χ1) is 7.13. The Bertz CT molecular complexity index is 424. The largest absolute Gasteiger partial charge is 0.325 e. The average Bonchev–Trinajstić information content (AvgIpc) is 2.17. The molecule has 76 valence electrons. The molecule has 0 atom stereocenters. The molecule has 0 aliphatic carbocycles. The molecule has 0 fully saturated rings. The maximum absolute atomic E-state index is 10.9. The molecule has 0 unspecified atom stereocenters. The summed E-state index contributed by atoms with van der Waals surface area (Å²) in [6.45, 7) is 3.40. The van der Waals surface area contributed by atoms with Crippen LogP contribution in [0.4, 0.5) is 0 Å². The number of hydrogen-bond donors (Lipinski definition) is 1. The number of carbonyl (C=O) groups excluding carboxylic acids is 1. The Hall–Kier alpha value is -2.08. The normalized spacial score (nSPS) is 10.6. The molecule has 0 bridgehead atoms. The number of nitriles is 1. The molecule has 1 amide bonds. The Balaban J connectivity index is 3.01. The SMILES string of the molecule is CC(=O)N/C(=C/C#N)c1ccc(C)cc1. The lowest BCUT2D eigenvalue weighted by molar-refractivity contribution is -0.117. The van der Waals surface area contributed by atoms with Crippen molar-refractivity contribution in [3.8, 4) is 6.07 Å². The zero-order valence-corrected chi connectivity index (χ0v) is 8.74. The number of nitrogens with one attached hydrogen (secondary N) is 1. The summed E-state index contributed by atoms with van der Waals surface area (Å²) in [5, 5.41) is 11.2. The number of hydrogen-bond acceptors (Lipinski definition) is 2. The van der Waals surface area contributed by atoms with Crippen LogP contribution in [-0.2, 0) is 4.79 Å². The quantitative estimate of drug-likeness (QED) is 0.742. The first kappa shape index (κ1) is 11.0. The summed E-state index contributed by atoms with van der Waals surface area (Å²) < 4.78 is 0. The second kappa shape index (κ2) is 4.97. The minimum Gasteiger partial charge on any atom is -0.325 e. The smallest absolute Gasteiger partial charge is 0.221 e. The average molecular weight is 200 g/mol. The minimum atomic E-state index is -0.183. The van der Waals surface area contributed by atoms with Crippen LogP contribution in [0.2, 0.25) is 0 Å². The lowest BCUT2D eigenvalue weighted by Crippen LogP contribution is -2.17. The van der Waals surface area contributed by atoms with Gasteiger partial charge in [-0.3, -0.25) is 4.79 Å². The number of allylic oxidation sites excluding steroid dienone is 1. The van der Waals surface area contributed by atoms with Crippen LogP contribution in [0.5, 0.6) is 0 Å². The van der Waals surface area contributed by atoms with Gasteiger partial charge in [0, 0.05) is 13.0 Å². The number of rotatable bonds is 2. The first-order valence-corrected chi connectivity index (χ1v) is 4.58. The molecule has 0 aliphatic heterocycles. The zero-order valence-electron chi connectivity index (χ0n) is 8.74. The Morgan fingerprint density at radius 1 is 1.40 bits per heavy atom. The molecular formula is C12H12N2O. The molecule has 0 saturated carbocycles. The molecule has 1 rings (SSSR count). The molecule has 1 N–H and O–H groups in total. The standard InChI is InChI=1S/C12H12N2O/c1-9-3-5-11(6-4-9)12(7-8-13)14-10(2)15/h3-7H,1-2H3,(H,14,15)/b12-7+. The summed E-state index contributed by atoms with van der Waals surface area (Å²) in [4.78, 5) is 10.9. The molecule has 0 radical (unpaired) electrons. The minimum absolute atomic E-state index is 0.183. The van der Waals surface area contributed by atoms with Gasteiger partial charge in [0.25, 0.3) is 0 Å². The van der Waals surface area contributed by atoms with Crippen molar-refractivity contribution in [3.63, 3.8) is 0 Å². The van der Waals surface area contributed by atoms with E-state index >= 15 is 0 Å². The molecule has 1 aromatic carbocycles. The van der Waals surface area contributed by atoms with Crippen LogP contribution in [0.15, 0.2) is 30.3 Å². The molecular weight excluding hydrogens is 188 g/mol. The van der Waals surface area contributed by atoms with Gasteiger partial charge in [0.15, 0.2) is 0 Å². The van der Waals surface area contributed by atoms with Gasteiger partial charge in [0.05, 0.1) is 11.8 Å². The highest BCUT2D eigenvalue weighted by molar-refractivity contribution is 5.85. The van der Waals surface area contributed by atoms with E-state index in [0.29, 0.717) is 5.70 Å². The van der Waals surface area contributed by atoms with Crippen molar-refractivity contribution in [1.82, 2.24) is 5.32 Å². The lowest BCUT2D eigenvalue weighted by atomic mass is 10.1. The number of benzene rings is 1. The van der Waals surface area contributed by atoms with E-state index in [9.17, 15) is 4.79 Å². The fourth-order valence-corrected chi connectivity index (χ4v) is 1.18. The van der Waals surface area contributed by atoms with Crippen LogP contribution in [0.25, 0.3) is 5.70 Å². The second-order valence-electron chi connectivity index (χ2n) is 3.23. The van der Waals surface area contributed by atoms with E-state index < -0.39 is 0 Å². The summed E-state index contributed by atoms with van der Waals surface area (Å²) in [6, 6.07) is 9.51. The van der Waals surface area contributed by atoms with E-state index in [1.165, 1.54) is 13.0 Å². The summed E-state index contributed by atoms with van der Waals surface area (Å²) in [6.07, 6.45) is 1.33. The van der Waals surface area contributed by atoms with Crippen molar-refractivity contribution < 1.29 is 4.79 Å². The molecule has 3 nitrogen and oxygen atoms in total. The summed E-state index contributed by atoms with van der Waals surface area (Å²) in [5.74, 6) is -0.183. The van der Waals surface area contributed by atoms with Crippen molar-refractivity contribution >= 4 is 11.6 Å². The highest BCUT2D eigenvalue weighted by Gasteiger charge is 2.02. The van der Waals surface area contributed by atoms with Gasteiger partial charge in [0.1, 0.15) is 0 Å². The monoisotopic (exact) mass is 200 g/mol. The van der Waals surface area contributed by atoms with Crippen LogP contribution in [0.3, 0.4) is 0 Å². The lowest BCUT2D eigenvalue weighted by Gasteiger charge is -2.06. The van der Waals surface area contributed by atoms with Gasteiger partial charge in [-0.15, -0.1) is 0 Å². The molecule has 0 heterocycles. The van der Waals surface area contributed by atoms with E-state index in [2.05, 4.69) is 5.32 Å². The number of amides is 1. The summed E-state index contributed by atoms with van der Waals surface area (Å²) in [7, 11) is 0. The molecule has 1 aromatic rings. The van der Waals surface area contributed by atoms with Crippen LogP contribution in [0, 0.1) is 18.3 Å². The Labute approximate surface area is 89.0 Å². The van der Waals surface area contributed by atoms with Gasteiger partial charge >= 0.3 is 0 Å². The third-order valence-electron chi connectivity index (χ3n) is 1.88.